The number of rotatable bonds is 2. The van der Waals surface area contributed by atoms with Gasteiger partial charge in [0.15, 0.2) is 0 Å². The van der Waals surface area contributed by atoms with Gasteiger partial charge in [-0.05, 0) is 6.92 Å². The molecule has 0 bridgehead atoms. The molecule has 1 saturated heterocycles. The van der Waals surface area contributed by atoms with E-state index in [1.165, 1.54) is 12.3 Å². The van der Waals surface area contributed by atoms with E-state index in [-0.39, 0.29) is 23.3 Å². The molecule has 0 aromatic carbocycles. The number of hydrogen-bond acceptors (Lipinski definition) is 4. The summed E-state index contributed by atoms with van der Waals surface area (Å²) in [6.07, 6.45) is 1.23. The van der Waals surface area contributed by atoms with Crippen molar-refractivity contribution < 1.29 is 9.72 Å². The summed E-state index contributed by atoms with van der Waals surface area (Å²) in [5, 5.41) is 13.7. The predicted octanol–water partition coefficient (Wildman–Crippen LogP) is 0.357. The summed E-state index contributed by atoms with van der Waals surface area (Å²) in [7, 11) is 0. The zero-order valence-corrected chi connectivity index (χ0v) is 9.47. The van der Waals surface area contributed by atoms with Gasteiger partial charge in [0.1, 0.15) is 5.69 Å². The van der Waals surface area contributed by atoms with Crippen molar-refractivity contribution in [3.63, 3.8) is 0 Å². The Labute approximate surface area is 97.9 Å². The highest BCUT2D eigenvalue weighted by molar-refractivity contribution is 5.93. The van der Waals surface area contributed by atoms with Crippen LogP contribution < -0.4 is 5.32 Å². The van der Waals surface area contributed by atoms with Crippen LogP contribution in [0.2, 0.25) is 0 Å². The summed E-state index contributed by atoms with van der Waals surface area (Å²) in [6.45, 7) is 3.98. The summed E-state index contributed by atoms with van der Waals surface area (Å²) in [5.41, 5.74) is 0.183. The molecule has 0 aliphatic carbocycles. The Kier molecular flexibility index (Phi) is 3.10. The van der Waals surface area contributed by atoms with Crippen molar-refractivity contribution in [2.75, 3.05) is 19.6 Å². The van der Waals surface area contributed by atoms with Gasteiger partial charge in [0.05, 0.1) is 11.1 Å². The molecule has 1 aromatic heterocycles. The van der Waals surface area contributed by atoms with Crippen molar-refractivity contribution >= 4 is 11.6 Å². The molecule has 2 heterocycles. The Bertz CT molecular complexity index is 443. The van der Waals surface area contributed by atoms with Crippen molar-refractivity contribution in [2.24, 2.45) is 0 Å². The maximum absolute atomic E-state index is 12.0. The average molecular weight is 238 g/mol. The zero-order valence-electron chi connectivity index (χ0n) is 9.47. The van der Waals surface area contributed by atoms with E-state index >= 15 is 0 Å². The number of aromatic amines is 1. The maximum atomic E-state index is 12.0. The Morgan fingerprint density at radius 3 is 3.00 bits per heavy atom. The number of amides is 1. The largest absolute Gasteiger partial charge is 0.351 e. The minimum absolute atomic E-state index is 0.0865. The molecule has 2 N–H and O–H groups in total. The number of nitrogens with zero attached hydrogens (tertiary/aromatic N) is 2. The molecular weight excluding hydrogens is 224 g/mol. The third-order valence-electron chi connectivity index (χ3n) is 2.76. The lowest BCUT2D eigenvalue weighted by molar-refractivity contribution is -0.384. The molecule has 1 aliphatic rings. The van der Waals surface area contributed by atoms with E-state index in [0.29, 0.717) is 13.1 Å². The van der Waals surface area contributed by atoms with Crippen molar-refractivity contribution in [2.45, 2.75) is 13.0 Å². The second kappa shape index (κ2) is 4.54. The summed E-state index contributed by atoms with van der Waals surface area (Å²) >= 11 is 0. The van der Waals surface area contributed by atoms with Gasteiger partial charge in [-0.3, -0.25) is 14.9 Å². The maximum Gasteiger partial charge on any atom is 0.287 e. The van der Waals surface area contributed by atoms with E-state index in [9.17, 15) is 14.9 Å². The van der Waals surface area contributed by atoms with Crippen LogP contribution in [-0.4, -0.2) is 46.4 Å². The molecule has 0 radical (unpaired) electrons. The molecule has 0 unspecified atom stereocenters. The molecule has 0 spiro atoms. The summed E-state index contributed by atoms with van der Waals surface area (Å²) in [6, 6.07) is 1.52. The highest BCUT2D eigenvalue weighted by atomic mass is 16.6. The number of hydrogen-bond donors (Lipinski definition) is 2. The molecule has 7 nitrogen and oxygen atoms in total. The number of piperazine rings is 1. The van der Waals surface area contributed by atoms with Crippen molar-refractivity contribution in [3.05, 3.63) is 28.1 Å². The van der Waals surface area contributed by atoms with Gasteiger partial charge in [-0.25, -0.2) is 0 Å². The van der Waals surface area contributed by atoms with Gasteiger partial charge < -0.3 is 15.2 Å². The topological polar surface area (TPSA) is 91.3 Å². The molecule has 92 valence electrons. The van der Waals surface area contributed by atoms with Crippen LogP contribution in [-0.2, 0) is 0 Å². The van der Waals surface area contributed by atoms with Crippen molar-refractivity contribution in [3.8, 4) is 0 Å². The number of nitrogens with one attached hydrogen (secondary N) is 2. The standard InChI is InChI=1S/C10H14N4O3/c1-7-6-13(3-2-11-7)10(15)9-4-8(5-12-9)14(16)17/h4-5,7,11-12H,2-3,6H2,1H3/t7-/m0/s1. The van der Waals surface area contributed by atoms with Crippen molar-refractivity contribution in [1.82, 2.24) is 15.2 Å². The van der Waals surface area contributed by atoms with E-state index in [2.05, 4.69) is 10.3 Å². The van der Waals surface area contributed by atoms with Crippen LogP contribution in [0.4, 0.5) is 5.69 Å². The Balaban J connectivity index is 2.10. The molecule has 7 heteroatoms. The van der Waals surface area contributed by atoms with Crippen LogP contribution in [0.25, 0.3) is 0 Å². The lowest BCUT2D eigenvalue weighted by atomic mass is 10.2. The zero-order chi connectivity index (χ0) is 12.4. The number of carbonyl (C=O) groups is 1. The molecule has 2 rings (SSSR count). The molecule has 1 fully saturated rings. The van der Waals surface area contributed by atoms with E-state index < -0.39 is 4.92 Å². The summed E-state index contributed by atoms with van der Waals surface area (Å²) in [5.74, 6) is -0.188. The second-order valence-corrected chi connectivity index (χ2v) is 4.14. The van der Waals surface area contributed by atoms with Gasteiger partial charge in [-0.1, -0.05) is 0 Å². The minimum atomic E-state index is -0.520. The smallest absolute Gasteiger partial charge is 0.287 e. The highest BCUT2D eigenvalue weighted by Gasteiger charge is 2.23. The third-order valence-corrected chi connectivity index (χ3v) is 2.76. The van der Waals surface area contributed by atoms with Crippen LogP contribution in [0.5, 0.6) is 0 Å². The van der Waals surface area contributed by atoms with Crippen LogP contribution in [0.15, 0.2) is 12.3 Å². The van der Waals surface area contributed by atoms with Crippen LogP contribution in [0, 0.1) is 10.1 Å². The first-order chi connectivity index (χ1) is 8.08. The van der Waals surface area contributed by atoms with Crippen LogP contribution in [0.3, 0.4) is 0 Å². The number of aromatic nitrogens is 1. The molecule has 0 saturated carbocycles. The van der Waals surface area contributed by atoms with E-state index in [4.69, 9.17) is 0 Å². The van der Waals surface area contributed by atoms with Gasteiger partial charge in [-0.2, -0.15) is 0 Å². The van der Waals surface area contributed by atoms with E-state index in [1.807, 2.05) is 6.92 Å². The Morgan fingerprint density at radius 2 is 2.41 bits per heavy atom. The average Bonchev–Trinajstić information content (AvgIpc) is 2.77. The molecule has 1 aromatic rings. The molecule has 17 heavy (non-hydrogen) atoms. The summed E-state index contributed by atoms with van der Waals surface area (Å²) < 4.78 is 0. The SMILES string of the molecule is C[C@H]1CN(C(=O)c2cc([N+](=O)[O-])c[nH]2)CCN1. The molecular formula is C10H14N4O3. The van der Waals surface area contributed by atoms with E-state index in [1.54, 1.807) is 4.90 Å². The van der Waals surface area contributed by atoms with Crippen molar-refractivity contribution in [1.29, 1.82) is 0 Å². The van der Waals surface area contributed by atoms with Gasteiger partial charge in [0, 0.05) is 31.7 Å². The van der Waals surface area contributed by atoms with Gasteiger partial charge >= 0.3 is 0 Å². The highest BCUT2D eigenvalue weighted by Crippen LogP contribution is 2.14. The first-order valence-corrected chi connectivity index (χ1v) is 5.43. The molecule has 1 atom stereocenters. The van der Waals surface area contributed by atoms with Gasteiger partial charge in [0.25, 0.3) is 11.6 Å². The molecule has 1 aliphatic heterocycles. The second-order valence-electron chi connectivity index (χ2n) is 4.14. The number of carbonyl (C=O) groups excluding carboxylic acids is 1. The predicted molar refractivity (Wildman–Crippen MR) is 60.8 cm³/mol. The number of nitro groups is 1. The van der Waals surface area contributed by atoms with Gasteiger partial charge in [0.2, 0.25) is 0 Å². The fourth-order valence-corrected chi connectivity index (χ4v) is 1.90. The lowest BCUT2D eigenvalue weighted by Crippen LogP contribution is -2.51. The number of H-pyrrole nitrogens is 1. The minimum Gasteiger partial charge on any atom is -0.351 e. The van der Waals surface area contributed by atoms with E-state index in [0.717, 1.165) is 6.54 Å². The lowest BCUT2D eigenvalue weighted by Gasteiger charge is -2.31. The fourth-order valence-electron chi connectivity index (χ4n) is 1.90. The third kappa shape index (κ3) is 2.44. The normalized spacial score (nSPS) is 20.3. The molecule has 1 amide bonds. The monoisotopic (exact) mass is 238 g/mol. The van der Waals surface area contributed by atoms with Gasteiger partial charge in [-0.15, -0.1) is 0 Å². The first-order valence-electron chi connectivity index (χ1n) is 5.43. The fraction of sp³-hybridized carbons (Fsp3) is 0.500. The Morgan fingerprint density at radius 1 is 1.65 bits per heavy atom. The first kappa shape index (κ1) is 11.6. The summed E-state index contributed by atoms with van der Waals surface area (Å²) in [4.78, 5) is 26.4. The van der Waals surface area contributed by atoms with Crippen LogP contribution in [0.1, 0.15) is 17.4 Å². The van der Waals surface area contributed by atoms with Crippen LogP contribution >= 0.6 is 0 Å². The Hall–Kier alpha value is -1.89. The quantitative estimate of drug-likeness (QED) is 0.574.